The van der Waals surface area contributed by atoms with Gasteiger partial charge < -0.3 is 15.2 Å². The lowest BCUT2D eigenvalue weighted by atomic mass is 10.2. The van der Waals surface area contributed by atoms with E-state index >= 15 is 0 Å². The van der Waals surface area contributed by atoms with Crippen molar-refractivity contribution in [3.63, 3.8) is 0 Å². The van der Waals surface area contributed by atoms with Crippen LogP contribution >= 0.6 is 15.9 Å². The zero-order chi connectivity index (χ0) is 14.4. The molecule has 1 saturated heterocycles. The van der Waals surface area contributed by atoms with Crippen LogP contribution in [0.5, 0.6) is 0 Å². The number of hydrogen-bond donors (Lipinski definition) is 2. The van der Waals surface area contributed by atoms with Gasteiger partial charge in [-0.3, -0.25) is 4.90 Å². The fraction of sp³-hybridized carbons (Fsp3) is 0.500. The van der Waals surface area contributed by atoms with Crippen molar-refractivity contribution in [2.24, 2.45) is 0 Å². The first-order chi connectivity index (χ1) is 9.69. The largest absolute Gasteiger partial charge is 0.390 e. The number of ether oxygens (including phenoxy) is 1. The van der Waals surface area contributed by atoms with Gasteiger partial charge in [-0.15, -0.1) is 0 Å². The number of nitriles is 1. The molecule has 1 aliphatic rings. The molecule has 1 fully saturated rings. The first-order valence-corrected chi connectivity index (χ1v) is 7.40. The molecule has 0 radical (unpaired) electrons. The fourth-order valence-electron chi connectivity index (χ4n) is 2.13. The van der Waals surface area contributed by atoms with Gasteiger partial charge in [0, 0.05) is 30.7 Å². The summed E-state index contributed by atoms with van der Waals surface area (Å²) < 4.78 is 6.18. The van der Waals surface area contributed by atoms with Gasteiger partial charge >= 0.3 is 0 Å². The Morgan fingerprint density at radius 2 is 2.20 bits per heavy atom. The van der Waals surface area contributed by atoms with E-state index in [1.165, 1.54) is 0 Å². The number of nitrogens with one attached hydrogen (secondary N) is 1. The zero-order valence-corrected chi connectivity index (χ0v) is 12.8. The standard InChI is InChI=1S/C14H18BrN3O2/c15-12-2-1-11(8-16)14(7-12)17-9-13(19)10-18-3-5-20-6-4-18/h1-2,7,13,17,19H,3-6,9-10H2. The highest BCUT2D eigenvalue weighted by atomic mass is 79.9. The molecule has 1 aromatic carbocycles. The molecule has 0 spiro atoms. The Labute approximate surface area is 127 Å². The molecular formula is C14H18BrN3O2. The summed E-state index contributed by atoms with van der Waals surface area (Å²) in [4.78, 5) is 2.18. The van der Waals surface area contributed by atoms with Gasteiger partial charge in [0.15, 0.2) is 0 Å². The van der Waals surface area contributed by atoms with Crippen molar-refractivity contribution in [3.8, 4) is 6.07 Å². The Morgan fingerprint density at radius 1 is 1.45 bits per heavy atom. The average molecular weight is 340 g/mol. The van der Waals surface area contributed by atoms with E-state index in [0.29, 0.717) is 18.7 Å². The van der Waals surface area contributed by atoms with Crippen LogP contribution < -0.4 is 5.32 Å². The number of aliphatic hydroxyl groups is 1. The van der Waals surface area contributed by atoms with Gasteiger partial charge in [-0.2, -0.15) is 5.26 Å². The number of benzene rings is 1. The van der Waals surface area contributed by atoms with Crippen LogP contribution in [-0.2, 0) is 4.74 Å². The van der Waals surface area contributed by atoms with E-state index < -0.39 is 6.10 Å². The quantitative estimate of drug-likeness (QED) is 0.849. The van der Waals surface area contributed by atoms with E-state index in [1.807, 2.05) is 12.1 Å². The molecule has 0 aromatic heterocycles. The van der Waals surface area contributed by atoms with Crippen LogP contribution in [0.25, 0.3) is 0 Å². The van der Waals surface area contributed by atoms with Gasteiger partial charge in [0.05, 0.1) is 30.6 Å². The summed E-state index contributed by atoms with van der Waals surface area (Å²) in [6.45, 7) is 4.21. The van der Waals surface area contributed by atoms with Crippen LogP contribution in [0.4, 0.5) is 5.69 Å². The summed E-state index contributed by atoms with van der Waals surface area (Å²) >= 11 is 3.38. The molecular weight excluding hydrogens is 322 g/mol. The Morgan fingerprint density at radius 3 is 2.90 bits per heavy atom. The predicted octanol–water partition coefficient (Wildman–Crippen LogP) is 1.43. The number of nitrogens with zero attached hydrogens (tertiary/aromatic N) is 2. The van der Waals surface area contributed by atoms with E-state index in [1.54, 1.807) is 6.07 Å². The third-order valence-electron chi connectivity index (χ3n) is 3.20. The number of anilines is 1. The highest BCUT2D eigenvalue weighted by molar-refractivity contribution is 9.10. The normalized spacial score (nSPS) is 17.4. The van der Waals surface area contributed by atoms with Crippen LogP contribution in [-0.4, -0.2) is 55.5 Å². The smallest absolute Gasteiger partial charge is 0.101 e. The number of halogens is 1. The maximum absolute atomic E-state index is 10.1. The molecule has 2 rings (SSSR count). The predicted molar refractivity (Wildman–Crippen MR) is 80.6 cm³/mol. The molecule has 6 heteroatoms. The molecule has 2 N–H and O–H groups in total. The number of hydrogen-bond acceptors (Lipinski definition) is 5. The molecule has 1 heterocycles. The van der Waals surface area contributed by atoms with E-state index in [9.17, 15) is 5.11 Å². The second-order valence-electron chi connectivity index (χ2n) is 4.75. The second kappa shape index (κ2) is 7.60. The number of β-amino-alcohol motifs (C(OH)–C–C–N with tert-alkyl or cyclic N) is 1. The highest BCUT2D eigenvalue weighted by Gasteiger charge is 2.15. The maximum Gasteiger partial charge on any atom is 0.101 e. The van der Waals surface area contributed by atoms with Gasteiger partial charge in [-0.05, 0) is 18.2 Å². The summed E-state index contributed by atoms with van der Waals surface area (Å²) in [7, 11) is 0. The summed E-state index contributed by atoms with van der Waals surface area (Å²) in [5.41, 5.74) is 1.31. The number of morpholine rings is 1. The molecule has 20 heavy (non-hydrogen) atoms. The third kappa shape index (κ3) is 4.46. The molecule has 0 saturated carbocycles. The van der Waals surface area contributed by atoms with Crippen LogP contribution in [0.2, 0.25) is 0 Å². The highest BCUT2D eigenvalue weighted by Crippen LogP contribution is 2.20. The van der Waals surface area contributed by atoms with E-state index in [2.05, 4.69) is 32.2 Å². The molecule has 0 aliphatic carbocycles. The third-order valence-corrected chi connectivity index (χ3v) is 3.70. The minimum Gasteiger partial charge on any atom is -0.390 e. The van der Waals surface area contributed by atoms with Gasteiger partial charge in [-0.1, -0.05) is 15.9 Å². The van der Waals surface area contributed by atoms with Crippen molar-refractivity contribution in [3.05, 3.63) is 28.2 Å². The number of aliphatic hydroxyl groups excluding tert-OH is 1. The topological polar surface area (TPSA) is 68.5 Å². The van der Waals surface area contributed by atoms with Gasteiger partial charge in [0.1, 0.15) is 6.07 Å². The lowest BCUT2D eigenvalue weighted by Gasteiger charge is -2.28. The van der Waals surface area contributed by atoms with Gasteiger partial charge in [-0.25, -0.2) is 0 Å². The van der Waals surface area contributed by atoms with E-state index in [-0.39, 0.29) is 0 Å². The Bertz CT molecular complexity index is 484. The van der Waals surface area contributed by atoms with Crippen LogP contribution in [0.3, 0.4) is 0 Å². The summed E-state index contributed by atoms with van der Waals surface area (Å²) in [5, 5.41) is 22.2. The first kappa shape index (κ1) is 15.3. The first-order valence-electron chi connectivity index (χ1n) is 6.60. The molecule has 0 amide bonds. The SMILES string of the molecule is N#Cc1ccc(Br)cc1NCC(O)CN1CCOCC1. The van der Waals surface area contributed by atoms with Crippen molar-refractivity contribution in [1.29, 1.82) is 5.26 Å². The van der Waals surface area contributed by atoms with Crippen molar-refractivity contribution in [2.75, 3.05) is 44.7 Å². The minimum atomic E-state index is -0.473. The Hall–Kier alpha value is -1.13. The molecule has 1 unspecified atom stereocenters. The molecule has 1 atom stereocenters. The monoisotopic (exact) mass is 339 g/mol. The average Bonchev–Trinajstić information content (AvgIpc) is 2.46. The Kier molecular flexibility index (Phi) is 5.80. The lowest BCUT2D eigenvalue weighted by Crippen LogP contribution is -2.42. The molecule has 0 bridgehead atoms. The molecule has 1 aliphatic heterocycles. The van der Waals surface area contributed by atoms with Crippen LogP contribution in [0.15, 0.2) is 22.7 Å². The van der Waals surface area contributed by atoms with Crippen LogP contribution in [0.1, 0.15) is 5.56 Å². The Balaban J connectivity index is 1.85. The summed E-state index contributed by atoms with van der Waals surface area (Å²) in [6, 6.07) is 7.56. The molecule has 5 nitrogen and oxygen atoms in total. The fourth-order valence-corrected chi connectivity index (χ4v) is 2.50. The molecule has 108 valence electrons. The minimum absolute atomic E-state index is 0.419. The van der Waals surface area contributed by atoms with Gasteiger partial charge in [0.2, 0.25) is 0 Å². The van der Waals surface area contributed by atoms with Crippen LogP contribution in [0, 0.1) is 11.3 Å². The van der Waals surface area contributed by atoms with E-state index in [0.717, 1.165) is 36.5 Å². The summed E-state index contributed by atoms with van der Waals surface area (Å²) in [5.74, 6) is 0. The van der Waals surface area contributed by atoms with Crippen molar-refractivity contribution in [2.45, 2.75) is 6.10 Å². The molecule has 1 aromatic rings. The zero-order valence-electron chi connectivity index (χ0n) is 11.2. The van der Waals surface area contributed by atoms with Crippen molar-refractivity contribution < 1.29 is 9.84 Å². The second-order valence-corrected chi connectivity index (χ2v) is 5.67. The van der Waals surface area contributed by atoms with Crippen molar-refractivity contribution >= 4 is 21.6 Å². The lowest BCUT2D eigenvalue weighted by molar-refractivity contribution is 0.0171. The van der Waals surface area contributed by atoms with Crippen molar-refractivity contribution in [1.82, 2.24) is 4.90 Å². The number of rotatable bonds is 5. The maximum atomic E-state index is 10.1. The summed E-state index contributed by atoms with van der Waals surface area (Å²) in [6.07, 6.45) is -0.473. The van der Waals surface area contributed by atoms with E-state index in [4.69, 9.17) is 10.00 Å². The van der Waals surface area contributed by atoms with Gasteiger partial charge in [0.25, 0.3) is 0 Å².